The van der Waals surface area contributed by atoms with Gasteiger partial charge in [0.1, 0.15) is 12.4 Å². The SMILES string of the molecule is Cc1ccc([N+](=O)[O-])cc1S(=O)(=O)N1CCN(C(=O)[C@@H]2COc3ccc(Cl)cc3C2)CC1. The van der Waals surface area contributed by atoms with Crippen molar-refractivity contribution in [2.24, 2.45) is 5.92 Å². The van der Waals surface area contributed by atoms with E-state index >= 15 is 0 Å². The van der Waals surface area contributed by atoms with Gasteiger partial charge in [0.05, 0.1) is 15.7 Å². The minimum absolute atomic E-state index is 0.0827. The number of non-ortho nitro benzene ring substituents is 1. The topological polar surface area (TPSA) is 110 Å². The number of carbonyl (C=O) groups excluding carboxylic acids is 1. The van der Waals surface area contributed by atoms with E-state index in [1.54, 1.807) is 30.0 Å². The maximum Gasteiger partial charge on any atom is 0.270 e. The number of sulfonamides is 1. The molecule has 2 heterocycles. The summed E-state index contributed by atoms with van der Waals surface area (Å²) in [4.78, 5) is 25.0. The molecule has 0 N–H and O–H groups in total. The van der Waals surface area contributed by atoms with E-state index in [1.807, 2.05) is 0 Å². The number of hydrogen-bond donors (Lipinski definition) is 0. The van der Waals surface area contributed by atoms with Crippen LogP contribution in [0, 0.1) is 23.0 Å². The smallest absolute Gasteiger partial charge is 0.270 e. The summed E-state index contributed by atoms with van der Waals surface area (Å²) in [6.07, 6.45) is 0.514. The first-order valence-electron chi connectivity index (χ1n) is 10.1. The molecule has 0 spiro atoms. The van der Waals surface area contributed by atoms with Crippen LogP contribution in [0.15, 0.2) is 41.3 Å². The molecule has 0 aliphatic carbocycles. The van der Waals surface area contributed by atoms with Crippen molar-refractivity contribution in [3.63, 3.8) is 0 Å². The van der Waals surface area contributed by atoms with Gasteiger partial charge in [0, 0.05) is 43.3 Å². The maximum absolute atomic E-state index is 13.1. The number of benzene rings is 2. The van der Waals surface area contributed by atoms with Gasteiger partial charge in [0.2, 0.25) is 15.9 Å². The van der Waals surface area contributed by atoms with E-state index in [9.17, 15) is 23.3 Å². The van der Waals surface area contributed by atoms with Gasteiger partial charge in [-0.25, -0.2) is 8.42 Å². The summed E-state index contributed by atoms with van der Waals surface area (Å²) in [5, 5.41) is 11.6. The zero-order valence-electron chi connectivity index (χ0n) is 17.4. The molecule has 170 valence electrons. The molecule has 1 fully saturated rings. The van der Waals surface area contributed by atoms with Gasteiger partial charge in [-0.3, -0.25) is 14.9 Å². The molecule has 0 aromatic heterocycles. The van der Waals surface area contributed by atoms with Crippen LogP contribution in [0.3, 0.4) is 0 Å². The number of fused-ring (bicyclic) bond motifs is 1. The molecule has 11 heteroatoms. The number of nitro benzene ring substituents is 1. The van der Waals surface area contributed by atoms with Crippen molar-refractivity contribution in [1.82, 2.24) is 9.21 Å². The summed E-state index contributed by atoms with van der Waals surface area (Å²) >= 11 is 6.05. The molecular weight excluding hydrogens is 458 g/mol. The third-order valence-corrected chi connectivity index (χ3v) is 8.10. The second kappa shape index (κ2) is 8.68. The third kappa shape index (κ3) is 4.30. The second-order valence-electron chi connectivity index (χ2n) is 7.90. The first-order chi connectivity index (χ1) is 15.2. The van der Waals surface area contributed by atoms with E-state index in [0.29, 0.717) is 17.0 Å². The Labute approximate surface area is 190 Å². The number of amides is 1. The number of aryl methyl sites for hydroxylation is 1. The average Bonchev–Trinajstić information content (AvgIpc) is 2.78. The lowest BCUT2D eigenvalue weighted by molar-refractivity contribution is -0.385. The van der Waals surface area contributed by atoms with Crippen molar-refractivity contribution in [2.45, 2.75) is 18.2 Å². The fourth-order valence-corrected chi connectivity index (χ4v) is 5.91. The minimum Gasteiger partial charge on any atom is -0.492 e. The molecule has 0 radical (unpaired) electrons. The van der Waals surface area contributed by atoms with E-state index < -0.39 is 14.9 Å². The molecule has 32 heavy (non-hydrogen) atoms. The van der Waals surface area contributed by atoms with Gasteiger partial charge in [-0.2, -0.15) is 4.31 Å². The predicted octanol–water partition coefficient (Wildman–Crippen LogP) is 2.64. The van der Waals surface area contributed by atoms with Crippen LogP contribution in [0.5, 0.6) is 5.75 Å². The molecule has 1 saturated heterocycles. The summed E-state index contributed by atoms with van der Waals surface area (Å²) < 4.78 is 33.2. The highest BCUT2D eigenvalue weighted by atomic mass is 35.5. The highest BCUT2D eigenvalue weighted by Gasteiger charge is 2.35. The molecule has 9 nitrogen and oxygen atoms in total. The molecule has 0 bridgehead atoms. The Morgan fingerprint density at radius 3 is 2.56 bits per heavy atom. The lowest BCUT2D eigenvalue weighted by Crippen LogP contribution is -2.53. The number of carbonyl (C=O) groups is 1. The fraction of sp³-hybridized carbons (Fsp3) is 0.381. The standard InChI is InChI=1S/C21H22ClN3O6S/c1-14-2-4-18(25(27)28)12-20(14)32(29,30)24-8-6-23(7-9-24)21(26)16-10-15-11-17(22)3-5-19(15)31-13-16/h2-5,11-12,16H,6-10,13H2,1H3/t16-/m0/s1. The third-order valence-electron chi connectivity index (χ3n) is 5.83. The zero-order chi connectivity index (χ0) is 23.0. The van der Waals surface area contributed by atoms with Gasteiger partial charge in [-0.15, -0.1) is 0 Å². The fourth-order valence-electron chi connectivity index (χ4n) is 4.05. The normalized spacial score (nSPS) is 19.2. The van der Waals surface area contributed by atoms with Crippen LogP contribution in [0.4, 0.5) is 5.69 Å². The van der Waals surface area contributed by atoms with Crippen LogP contribution >= 0.6 is 11.6 Å². The Balaban J connectivity index is 1.43. The predicted molar refractivity (Wildman–Crippen MR) is 117 cm³/mol. The maximum atomic E-state index is 13.1. The Morgan fingerprint density at radius 2 is 1.88 bits per heavy atom. The Hall–Kier alpha value is -2.69. The zero-order valence-corrected chi connectivity index (χ0v) is 18.9. The Morgan fingerprint density at radius 1 is 1.16 bits per heavy atom. The lowest BCUT2D eigenvalue weighted by atomic mass is 9.95. The Bertz CT molecular complexity index is 1180. The number of nitrogens with zero attached hydrogens (tertiary/aromatic N) is 3. The van der Waals surface area contributed by atoms with Crippen LogP contribution in [-0.4, -0.2) is 61.2 Å². The summed E-state index contributed by atoms with van der Waals surface area (Å²) in [6, 6.07) is 9.12. The molecule has 2 aromatic rings. The van der Waals surface area contributed by atoms with Gasteiger partial charge in [-0.1, -0.05) is 17.7 Å². The number of ether oxygens (including phenoxy) is 1. The molecule has 4 rings (SSSR count). The monoisotopic (exact) mass is 479 g/mol. The Kier molecular flexibility index (Phi) is 6.11. The summed E-state index contributed by atoms with van der Waals surface area (Å²) in [5.41, 5.74) is 1.04. The lowest BCUT2D eigenvalue weighted by Gasteiger charge is -2.36. The first kappa shape index (κ1) is 22.5. The van der Waals surface area contributed by atoms with Gasteiger partial charge >= 0.3 is 0 Å². The van der Waals surface area contributed by atoms with E-state index in [4.69, 9.17) is 16.3 Å². The van der Waals surface area contributed by atoms with Gasteiger partial charge in [0.25, 0.3) is 5.69 Å². The van der Waals surface area contributed by atoms with E-state index in [-0.39, 0.29) is 55.2 Å². The number of piperazine rings is 1. The average molecular weight is 480 g/mol. The van der Waals surface area contributed by atoms with Gasteiger partial charge in [0.15, 0.2) is 0 Å². The van der Waals surface area contributed by atoms with Crippen molar-refractivity contribution >= 4 is 33.2 Å². The van der Waals surface area contributed by atoms with Crippen molar-refractivity contribution in [2.75, 3.05) is 32.8 Å². The van der Waals surface area contributed by atoms with E-state index in [1.165, 1.54) is 16.4 Å². The second-order valence-corrected chi connectivity index (χ2v) is 10.2. The molecule has 2 aliphatic heterocycles. The quantitative estimate of drug-likeness (QED) is 0.492. The van der Waals surface area contributed by atoms with Crippen molar-refractivity contribution in [1.29, 1.82) is 0 Å². The summed E-state index contributed by atoms with van der Waals surface area (Å²) in [5.74, 6) is 0.282. The number of hydrogen-bond acceptors (Lipinski definition) is 6. The van der Waals surface area contributed by atoms with Crippen LogP contribution in [0.1, 0.15) is 11.1 Å². The van der Waals surface area contributed by atoms with Gasteiger partial charge < -0.3 is 9.64 Å². The largest absolute Gasteiger partial charge is 0.492 e. The molecule has 2 aromatic carbocycles. The molecule has 2 aliphatic rings. The van der Waals surface area contributed by atoms with Gasteiger partial charge in [-0.05, 0) is 42.7 Å². The van der Waals surface area contributed by atoms with Crippen LogP contribution in [0.25, 0.3) is 0 Å². The van der Waals surface area contributed by atoms with Crippen molar-refractivity contribution in [3.8, 4) is 5.75 Å². The highest BCUT2D eigenvalue weighted by Crippen LogP contribution is 2.31. The van der Waals surface area contributed by atoms with E-state index in [2.05, 4.69) is 0 Å². The molecule has 0 saturated carbocycles. The minimum atomic E-state index is -3.92. The summed E-state index contributed by atoms with van der Waals surface area (Å²) in [7, 11) is -3.92. The summed E-state index contributed by atoms with van der Waals surface area (Å²) in [6.45, 7) is 2.58. The molecule has 1 atom stereocenters. The van der Waals surface area contributed by atoms with E-state index in [0.717, 1.165) is 17.4 Å². The molecule has 0 unspecified atom stereocenters. The number of halogens is 1. The number of rotatable bonds is 4. The van der Waals surface area contributed by atoms with Crippen molar-refractivity contribution < 1.29 is 22.9 Å². The molecule has 1 amide bonds. The van der Waals surface area contributed by atoms with Crippen LogP contribution < -0.4 is 4.74 Å². The molecular formula is C21H22ClN3O6S. The van der Waals surface area contributed by atoms with Crippen LogP contribution in [0.2, 0.25) is 5.02 Å². The van der Waals surface area contributed by atoms with Crippen LogP contribution in [-0.2, 0) is 21.2 Å². The van der Waals surface area contributed by atoms with Crippen molar-refractivity contribution in [3.05, 3.63) is 62.7 Å². The highest BCUT2D eigenvalue weighted by molar-refractivity contribution is 7.89. The first-order valence-corrected chi connectivity index (χ1v) is 11.9. The number of nitro groups is 1.